The smallest absolute Gasteiger partial charge is 0.362 e. The van der Waals surface area contributed by atoms with Gasteiger partial charge >= 0.3 is 11.7 Å². The van der Waals surface area contributed by atoms with Gasteiger partial charge in [0.2, 0.25) is 5.69 Å². The summed E-state index contributed by atoms with van der Waals surface area (Å²) >= 11 is 6.05. The lowest BCUT2D eigenvalue weighted by atomic mass is 10.2. The first kappa shape index (κ1) is 17.6. The van der Waals surface area contributed by atoms with Crippen LogP contribution in [-0.2, 0) is 6.54 Å². The summed E-state index contributed by atoms with van der Waals surface area (Å²) in [5, 5.41) is 13.1. The van der Waals surface area contributed by atoms with Crippen LogP contribution in [-0.4, -0.2) is 25.4 Å². The van der Waals surface area contributed by atoms with Crippen LogP contribution in [0.3, 0.4) is 0 Å². The maximum absolute atomic E-state index is 14.1. The zero-order chi connectivity index (χ0) is 18.8. The van der Waals surface area contributed by atoms with Crippen molar-refractivity contribution in [2.24, 2.45) is 0 Å². The molecule has 0 unspecified atom stereocenters. The summed E-state index contributed by atoms with van der Waals surface area (Å²) in [4.78, 5) is 36.4. The first-order valence-corrected chi connectivity index (χ1v) is 7.73. The van der Waals surface area contributed by atoms with Crippen LogP contribution < -0.4 is 11.2 Å². The molecule has 3 rings (SSSR count). The number of halogens is 2. The molecule has 0 saturated heterocycles. The molecule has 0 amide bonds. The highest BCUT2D eigenvalue weighted by atomic mass is 35.5. The van der Waals surface area contributed by atoms with Crippen molar-refractivity contribution in [1.29, 1.82) is 0 Å². The Labute approximate surface area is 150 Å². The van der Waals surface area contributed by atoms with Gasteiger partial charge < -0.3 is 5.11 Å². The van der Waals surface area contributed by atoms with E-state index >= 15 is 0 Å². The first-order valence-electron chi connectivity index (χ1n) is 7.36. The minimum absolute atomic E-state index is 0.270. The summed E-state index contributed by atoms with van der Waals surface area (Å²) in [6.07, 6.45) is 0. The van der Waals surface area contributed by atoms with Crippen molar-refractivity contribution < 1.29 is 14.3 Å². The number of hydrogen-bond donors (Lipinski definition) is 1. The molecule has 1 heterocycles. The van der Waals surface area contributed by atoms with Gasteiger partial charge in [0.15, 0.2) is 0 Å². The van der Waals surface area contributed by atoms with E-state index in [1.54, 1.807) is 24.3 Å². The molecule has 0 aliphatic rings. The average Bonchev–Trinajstić information content (AvgIpc) is 2.61. The summed E-state index contributed by atoms with van der Waals surface area (Å²) in [7, 11) is 0. The molecule has 0 saturated carbocycles. The Balaban J connectivity index is 2.29. The summed E-state index contributed by atoms with van der Waals surface area (Å²) in [5.74, 6) is -2.42. The Kier molecular flexibility index (Phi) is 4.68. The van der Waals surface area contributed by atoms with E-state index in [0.717, 1.165) is 6.07 Å². The standard InChI is InChI=1S/C17H11ClFN3O4/c18-11-6-2-1-5-10(11)9-21-15(23)14(16(24)25)20-22(17(21)26)13-8-4-3-7-12(13)19/h1-8H,9H2,(H,24,25). The van der Waals surface area contributed by atoms with Crippen LogP contribution in [0.15, 0.2) is 58.1 Å². The molecular formula is C17H11ClFN3O4. The van der Waals surface area contributed by atoms with E-state index in [2.05, 4.69) is 5.10 Å². The number of hydrogen-bond acceptors (Lipinski definition) is 4. The lowest BCUT2D eigenvalue weighted by Gasteiger charge is -2.12. The third-order valence-electron chi connectivity index (χ3n) is 3.63. The number of carbonyl (C=O) groups is 1. The Morgan fingerprint density at radius 3 is 2.42 bits per heavy atom. The van der Waals surface area contributed by atoms with Crippen LogP contribution in [0, 0.1) is 5.82 Å². The fourth-order valence-corrected chi connectivity index (χ4v) is 2.56. The van der Waals surface area contributed by atoms with Gasteiger partial charge in [-0.15, -0.1) is 0 Å². The van der Waals surface area contributed by atoms with E-state index in [1.165, 1.54) is 18.2 Å². The van der Waals surface area contributed by atoms with Gasteiger partial charge in [-0.25, -0.2) is 14.0 Å². The van der Waals surface area contributed by atoms with E-state index in [9.17, 15) is 23.9 Å². The second-order valence-electron chi connectivity index (χ2n) is 5.28. The number of nitrogens with zero attached hydrogens (tertiary/aromatic N) is 3. The lowest BCUT2D eigenvalue weighted by molar-refractivity contribution is 0.0684. The molecule has 0 bridgehead atoms. The highest BCUT2D eigenvalue weighted by Gasteiger charge is 2.21. The number of carboxylic acid groups (broad SMARTS) is 1. The summed E-state index contributed by atoms with van der Waals surface area (Å²) in [6, 6.07) is 11.7. The fraction of sp³-hybridized carbons (Fsp3) is 0.0588. The molecule has 2 aromatic carbocycles. The molecule has 0 atom stereocenters. The Hall–Kier alpha value is -3.26. The van der Waals surface area contributed by atoms with Crippen LogP contribution in [0.4, 0.5) is 4.39 Å². The van der Waals surface area contributed by atoms with Crippen molar-refractivity contribution in [3.05, 3.63) is 91.5 Å². The second-order valence-corrected chi connectivity index (χ2v) is 5.69. The summed E-state index contributed by atoms with van der Waals surface area (Å²) in [6.45, 7) is -0.283. The fourth-order valence-electron chi connectivity index (χ4n) is 2.37. The van der Waals surface area contributed by atoms with E-state index in [0.29, 0.717) is 19.8 Å². The molecule has 0 radical (unpaired) electrons. The van der Waals surface area contributed by atoms with Crippen LogP contribution >= 0.6 is 11.6 Å². The molecule has 1 aromatic heterocycles. The zero-order valence-corrected chi connectivity index (χ0v) is 13.9. The predicted octanol–water partition coefficient (Wildman–Crippen LogP) is 1.93. The maximum Gasteiger partial charge on any atom is 0.362 e. The number of aromatic nitrogens is 3. The molecule has 0 aliphatic carbocycles. The third-order valence-corrected chi connectivity index (χ3v) is 4.00. The Morgan fingerprint density at radius 1 is 1.12 bits per heavy atom. The van der Waals surface area contributed by atoms with Crippen LogP contribution in [0.5, 0.6) is 0 Å². The highest BCUT2D eigenvalue weighted by Crippen LogP contribution is 2.15. The van der Waals surface area contributed by atoms with Gasteiger partial charge in [-0.3, -0.25) is 9.36 Å². The third kappa shape index (κ3) is 3.14. The Morgan fingerprint density at radius 2 is 1.77 bits per heavy atom. The first-order chi connectivity index (χ1) is 12.4. The van der Waals surface area contributed by atoms with Crippen LogP contribution in [0.25, 0.3) is 5.69 Å². The molecule has 1 N–H and O–H groups in total. The molecule has 0 fully saturated rings. The number of para-hydroxylation sites is 1. The van der Waals surface area contributed by atoms with Crippen molar-refractivity contribution >= 4 is 17.6 Å². The van der Waals surface area contributed by atoms with Crippen molar-refractivity contribution in [1.82, 2.24) is 14.3 Å². The zero-order valence-electron chi connectivity index (χ0n) is 13.1. The monoisotopic (exact) mass is 375 g/mol. The number of rotatable bonds is 4. The molecule has 9 heteroatoms. The molecule has 3 aromatic rings. The quantitative estimate of drug-likeness (QED) is 0.752. The van der Waals surface area contributed by atoms with Gasteiger partial charge in [-0.2, -0.15) is 9.78 Å². The van der Waals surface area contributed by atoms with Crippen molar-refractivity contribution in [3.8, 4) is 5.69 Å². The molecule has 0 spiro atoms. The van der Waals surface area contributed by atoms with Gasteiger partial charge in [0, 0.05) is 5.02 Å². The van der Waals surface area contributed by atoms with Crippen molar-refractivity contribution in [2.75, 3.05) is 0 Å². The minimum atomic E-state index is -1.63. The largest absolute Gasteiger partial charge is 0.476 e. The number of aromatic carboxylic acids is 1. The van der Waals surface area contributed by atoms with Gasteiger partial charge in [-0.1, -0.05) is 41.9 Å². The Bertz CT molecular complexity index is 1120. The number of benzene rings is 2. The summed E-state index contributed by atoms with van der Waals surface area (Å²) < 4.78 is 15.3. The molecule has 132 valence electrons. The van der Waals surface area contributed by atoms with Gasteiger partial charge in [0.05, 0.1) is 6.54 Å². The minimum Gasteiger partial charge on any atom is -0.476 e. The van der Waals surface area contributed by atoms with E-state index in [-0.39, 0.29) is 12.2 Å². The maximum atomic E-state index is 14.1. The number of carboxylic acids is 1. The van der Waals surface area contributed by atoms with E-state index in [1.807, 2.05) is 0 Å². The lowest BCUT2D eigenvalue weighted by Crippen LogP contribution is -2.44. The van der Waals surface area contributed by atoms with Gasteiger partial charge in [0.1, 0.15) is 11.5 Å². The van der Waals surface area contributed by atoms with Crippen molar-refractivity contribution in [3.63, 3.8) is 0 Å². The van der Waals surface area contributed by atoms with Gasteiger partial charge in [-0.05, 0) is 23.8 Å². The molecule has 26 heavy (non-hydrogen) atoms. The van der Waals surface area contributed by atoms with E-state index < -0.39 is 28.7 Å². The average molecular weight is 376 g/mol. The highest BCUT2D eigenvalue weighted by molar-refractivity contribution is 6.31. The SMILES string of the molecule is O=C(O)c1nn(-c2ccccc2F)c(=O)n(Cc2ccccc2Cl)c1=O. The normalized spacial score (nSPS) is 10.7. The molecule has 0 aliphatic heterocycles. The van der Waals surface area contributed by atoms with Gasteiger partial charge in [0.25, 0.3) is 5.56 Å². The summed E-state index contributed by atoms with van der Waals surface area (Å²) in [5.41, 5.74) is -2.83. The van der Waals surface area contributed by atoms with Crippen LogP contribution in [0.1, 0.15) is 16.1 Å². The molecule has 7 nitrogen and oxygen atoms in total. The predicted molar refractivity (Wildman–Crippen MR) is 91.6 cm³/mol. The molecular weight excluding hydrogens is 365 g/mol. The van der Waals surface area contributed by atoms with Crippen molar-refractivity contribution in [2.45, 2.75) is 6.54 Å². The van der Waals surface area contributed by atoms with E-state index in [4.69, 9.17) is 11.6 Å². The second kappa shape index (κ2) is 6.93. The topological polar surface area (TPSA) is 94.2 Å². The van der Waals surface area contributed by atoms with Crippen LogP contribution in [0.2, 0.25) is 5.02 Å².